The second kappa shape index (κ2) is 5.10. The van der Waals surface area contributed by atoms with Crippen molar-refractivity contribution in [2.75, 3.05) is 7.11 Å². The van der Waals surface area contributed by atoms with Gasteiger partial charge in [-0.1, -0.05) is 12.1 Å². The van der Waals surface area contributed by atoms with E-state index < -0.39 is 0 Å². The predicted molar refractivity (Wildman–Crippen MR) is 79.1 cm³/mol. The molecule has 3 rings (SSSR count). The number of H-pyrrole nitrogens is 1. The van der Waals surface area contributed by atoms with Gasteiger partial charge in [-0.05, 0) is 30.3 Å². The number of benzene rings is 2. The van der Waals surface area contributed by atoms with E-state index in [4.69, 9.17) is 10.00 Å². The topological polar surface area (TPSA) is 78.8 Å². The van der Waals surface area contributed by atoms with Crippen molar-refractivity contribution in [3.63, 3.8) is 0 Å². The summed E-state index contributed by atoms with van der Waals surface area (Å²) >= 11 is 0. The lowest BCUT2D eigenvalue weighted by Gasteiger charge is -2.07. The first-order valence-corrected chi connectivity index (χ1v) is 6.30. The van der Waals surface area contributed by atoms with Crippen LogP contribution in [0.1, 0.15) is 5.56 Å². The van der Waals surface area contributed by atoms with Gasteiger partial charge in [-0.2, -0.15) is 10.4 Å². The van der Waals surface area contributed by atoms with E-state index in [1.807, 2.05) is 6.07 Å². The molecule has 0 spiro atoms. The zero-order valence-electron chi connectivity index (χ0n) is 11.3. The van der Waals surface area contributed by atoms with Gasteiger partial charge in [0.05, 0.1) is 29.8 Å². The molecule has 0 saturated carbocycles. The summed E-state index contributed by atoms with van der Waals surface area (Å²) in [6.45, 7) is 0. The molecule has 0 fully saturated rings. The van der Waals surface area contributed by atoms with E-state index in [9.17, 15) is 4.79 Å². The highest BCUT2D eigenvalue weighted by Crippen LogP contribution is 2.27. The predicted octanol–water partition coefficient (Wildman–Crippen LogP) is 2.47. The molecular formula is C16H11N3O2. The van der Waals surface area contributed by atoms with E-state index in [-0.39, 0.29) is 5.56 Å². The Morgan fingerprint density at radius 1 is 1.19 bits per heavy atom. The third-order valence-electron chi connectivity index (χ3n) is 3.26. The van der Waals surface area contributed by atoms with Crippen LogP contribution in [0.3, 0.4) is 0 Å². The van der Waals surface area contributed by atoms with Crippen LogP contribution in [-0.2, 0) is 0 Å². The molecule has 0 bridgehead atoms. The van der Waals surface area contributed by atoms with Gasteiger partial charge in [-0.15, -0.1) is 0 Å². The normalized spacial score (nSPS) is 10.3. The van der Waals surface area contributed by atoms with Gasteiger partial charge in [0, 0.05) is 10.9 Å². The first-order chi connectivity index (χ1) is 10.2. The fourth-order valence-corrected chi connectivity index (χ4v) is 2.23. The standard InChI is InChI=1S/C16H11N3O2/c1-21-12-5-6-13-14(8-12)16(20)19-18-15(13)11-4-2-3-10(7-11)9-17/h2-8H,1H3,(H,19,20). The van der Waals surface area contributed by atoms with Crippen molar-refractivity contribution in [1.29, 1.82) is 5.26 Å². The van der Waals surface area contributed by atoms with Crippen LogP contribution < -0.4 is 10.3 Å². The lowest BCUT2D eigenvalue weighted by Crippen LogP contribution is -2.09. The Morgan fingerprint density at radius 3 is 2.81 bits per heavy atom. The molecule has 2 aromatic carbocycles. The molecule has 0 amide bonds. The second-order valence-corrected chi connectivity index (χ2v) is 4.51. The SMILES string of the molecule is COc1ccc2c(-c3cccc(C#N)c3)n[nH]c(=O)c2c1. The van der Waals surface area contributed by atoms with Gasteiger partial charge in [0.1, 0.15) is 5.75 Å². The highest BCUT2D eigenvalue weighted by molar-refractivity contribution is 5.94. The minimum atomic E-state index is -0.274. The Hall–Kier alpha value is -3.13. The molecule has 0 aliphatic rings. The van der Waals surface area contributed by atoms with Gasteiger partial charge in [0.2, 0.25) is 0 Å². The average molecular weight is 277 g/mol. The molecule has 3 aromatic rings. The summed E-state index contributed by atoms with van der Waals surface area (Å²) in [5.74, 6) is 0.607. The third-order valence-corrected chi connectivity index (χ3v) is 3.26. The number of nitrogens with one attached hydrogen (secondary N) is 1. The van der Waals surface area contributed by atoms with Crippen LogP contribution in [0.5, 0.6) is 5.75 Å². The zero-order chi connectivity index (χ0) is 14.8. The van der Waals surface area contributed by atoms with Crippen molar-refractivity contribution >= 4 is 10.8 Å². The molecule has 1 aromatic heterocycles. The molecule has 5 nitrogen and oxygen atoms in total. The van der Waals surface area contributed by atoms with Gasteiger partial charge in [0.25, 0.3) is 5.56 Å². The maximum absolute atomic E-state index is 11.9. The Kier molecular flexibility index (Phi) is 3.13. The first-order valence-electron chi connectivity index (χ1n) is 6.30. The molecule has 0 saturated heterocycles. The Balaban J connectivity index is 2.31. The smallest absolute Gasteiger partial charge is 0.272 e. The molecule has 0 aliphatic heterocycles. The number of nitrogens with zero attached hydrogens (tertiary/aromatic N) is 2. The van der Waals surface area contributed by atoms with Crippen molar-refractivity contribution in [2.45, 2.75) is 0 Å². The van der Waals surface area contributed by atoms with Gasteiger partial charge in [-0.3, -0.25) is 4.79 Å². The lowest BCUT2D eigenvalue weighted by atomic mass is 10.0. The fourth-order valence-electron chi connectivity index (χ4n) is 2.23. The van der Waals surface area contributed by atoms with E-state index in [2.05, 4.69) is 16.3 Å². The molecule has 5 heteroatoms. The summed E-state index contributed by atoms with van der Waals surface area (Å²) in [6, 6.07) is 14.4. The average Bonchev–Trinajstić information content (AvgIpc) is 2.55. The monoisotopic (exact) mass is 277 g/mol. The maximum atomic E-state index is 11.9. The van der Waals surface area contributed by atoms with E-state index >= 15 is 0 Å². The lowest BCUT2D eigenvalue weighted by molar-refractivity contribution is 0.415. The number of hydrogen-bond acceptors (Lipinski definition) is 4. The molecular weight excluding hydrogens is 266 g/mol. The summed E-state index contributed by atoms with van der Waals surface area (Å²) in [7, 11) is 1.55. The zero-order valence-corrected chi connectivity index (χ0v) is 11.3. The second-order valence-electron chi connectivity index (χ2n) is 4.51. The molecule has 0 atom stereocenters. The maximum Gasteiger partial charge on any atom is 0.272 e. The van der Waals surface area contributed by atoms with Crippen LogP contribution in [0.2, 0.25) is 0 Å². The summed E-state index contributed by atoms with van der Waals surface area (Å²) in [5.41, 5.74) is 1.68. The number of fused-ring (bicyclic) bond motifs is 1. The van der Waals surface area contributed by atoms with Crippen LogP contribution in [0.4, 0.5) is 0 Å². The van der Waals surface area contributed by atoms with Gasteiger partial charge in [0.15, 0.2) is 0 Å². The number of hydrogen-bond donors (Lipinski definition) is 1. The number of ether oxygens (including phenoxy) is 1. The molecule has 1 N–H and O–H groups in total. The van der Waals surface area contributed by atoms with Gasteiger partial charge in [-0.25, -0.2) is 5.10 Å². The third kappa shape index (κ3) is 2.23. The minimum absolute atomic E-state index is 0.274. The van der Waals surface area contributed by atoms with Crippen molar-refractivity contribution in [3.05, 3.63) is 58.4 Å². The van der Waals surface area contributed by atoms with Crippen molar-refractivity contribution < 1.29 is 4.74 Å². The van der Waals surface area contributed by atoms with E-state index in [1.54, 1.807) is 43.5 Å². The van der Waals surface area contributed by atoms with Crippen molar-refractivity contribution in [3.8, 4) is 23.1 Å². The molecule has 0 radical (unpaired) electrons. The van der Waals surface area contributed by atoms with Gasteiger partial charge >= 0.3 is 0 Å². The Morgan fingerprint density at radius 2 is 2.05 bits per heavy atom. The summed E-state index contributed by atoms with van der Waals surface area (Å²) in [6.07, 6.45) is 0. The summed E-state index contributed by atoms with van der Waals surface area (Å²) < 4.78 is 5.14. The molecule has 21 heavy (non-hydrogen) atoms. The molecule has 0 aliphatic carbocycles. The summed E-state index contributed by atoms with van der Waals surface area (Å²) in [5, 5.41) is 16.8. The van der Waals surface area contributed by atoms with E-state index in [0.29, 0.717) is 22.4 Å². The molecule has 1 heterocycles. The van der Waals surface area contributed by atoms with E-state index in [1.165, 1.54) is 0 Å². The van der Waals surface area contributed by atoms with Gasteiger partial charge < -0.3 is 4.74 Å². The quantitative estimate of drug-likeness (QED) is 0.780. The molecule has 0 unspecified atom stereocenters. The number of aromatic nitrogens is 2. The van der Waals surface area contributed by atoms with Crippen LogP contribution in [-0.4, -0.2) is 17.3 Å². The number of rotatable bonds is 2. The molecule has 102 valence electrons. The highest BCUT2D eigenvalue weighted by Gasteiger charge is 2.10. The number of nitriles is 1. The highest BCUT2D eigenvalue weighted by atomic mass is 16.5. The van der Waals surface area contributed by atoms with Crippen molar-refractivity contribution in [2.24, 2.45) is 0 Å². The fraction of sp³-hybridized carbons (Fsp3) is 0.0625. The number of aromatic amines is 1. The number of methoxy groups -OCH3 is 1. The van der Waals surface area contributed by atoms with E-state index in [0.717, 1.165) is 10.9 Å². The van der Waals surface area contributed by atoms with Crippen LogP contribution in [0, 0.1) is 11.3 Å². The van der Waals surface area contributed by atoms with Crippen LogP contribution in [0.15, 0.2) is 47.3 Å². The van der Waals surface area contributed by atoms with Crippen LogP contribution >= 0.6 is 0 Å². The largest absolute Gasteiger partial charge is 0.497 e. The van der Waals surface area contributed by atoms with Crippen LogP contribution in [0.25, 0.3) is 22.0 Å². The Bertz CT molecular complexity index is 923. The minimum Gasteiger partial charge on any atom is -0.497 e. The Labute approximate surface area is 120 Å². The first kappa shape index (κ1) is 12.9. The van der Waals surface area contributed by atoms with Crippen molar-refractivity contribution in [1.82, 2.24) is 10.2 Å². The summed E-state index contributed by atoms with van der Waals surface area (Å²) in [4.78, 5) is 11.9.